The van der Waals surface area contributed by atoms with Crippen LogP contribution in [-0.4, -0.2) is 25.8 Å². The molecule has 0 N–H and O–H groups in total. The van der Waals surface area contributed by atoms with Crippen molar-refractivity contribution in [1.82, 2.24) is 0 Å². The van der Waals surface area contributed by atoms with E-state index in [2.05, 4.69) is 0 Å². The molecule has 0 aromatic heterocycles. The molecule has 0 saturated carbocycles. The van der Waals surface area contributed by atoms with Gasteiger partial charge in [-0.2, -0.15) is 0 Å². The number of ether oxygens (including phenoxy) is 2. The maximum absolute atomic E-state index is 10.7. The van der Waals surface area contributed by atoms with Crippen molar-refractivity contribution >= 4 is 6.29 Å². The van der Waals surface area contributed by atoms with Gasteiger partial charge in [-0.25, -0.2) is 0 Å². The lowest BCUT2D eigenvalue weighted by molar-refractivity contribution is -0.171. The summed E-state index contributed by atoms with van der Waals surface area (Å²) in [6.07, 6.45) is 4.15. The van der Waals surface area contributed by atoms with Crippen LogP contribution in [0, 0.1) is 11.8 Å². The Bertz CT molecular complexity index is 162. The van der Waals surface area contributed by atoms with Crippen molar-refractivity contribution in [2.75, 3.05) is 13.2 Å². The summed E-state index contributed by atoms with van der Waals surface area (Å²) >= 11 is 0. The van der Waals surface area contributed by atoms with E-state index in [9.17, 15) is 4.79 Å². The van der Waals surface area contributed by atoms with Crippen molar-refractivity contribution < 1.29 is 14.3 Å². The van der Waals surface area contributed by atoms with Crippen molar-refractivity contribution in [2.45, 2.75) is 39.4 Å². The summed E-state index contributed by atoms with van der Waals surface area (Å²) in [4.78, 5) is 10.7. The lowest BCUT2D eigenvalue weighted by Crippen LogP contribution is -2.27. The summed E-state index contributed by atoms with van der Waals surface area (Å²) in [7, 11) is 0. The second kappa shape index (κ2) is 6.14. The van der Waals surface area contributed by atoms with E-state index in [1.165, 1.54) is 0 Å². The molecule has 2 atom stereocenters. The average molecular weight is 200 g/mol. The van der Waals surface area contributed by atoms with Gasteiger partial charge in [0.15, 0.2) is 6.29 Å². The lowest BCUT2D eigenvalue weighted by Gasteiger charge is -2.24. The van der Waals surface area contributed by atoms with E-state index in [-0.39, 0.29) is 12.2 Å². The number of carbonyl (C=O) groups is 1. The normalized spacial score (nSPS) is 24.9. The van der Waals surface area contributed by atoms with Gasteiger partial charge in [-0.1, -0.05) is 13.8 Å². The molecule has 1 rings (SSSR count). The van der Waals surface area contributed by atoms with Crippen LogP contribution in [0.2, 0.25) is 0 Å². The van der Waals surface area contributed by atoms with Crippen LogP contribution in [0.3, 0.4) is 0 Å². The molecule has 1 fully saturated rings. The quantitative estimate of drug-likeness (QED) is 0.637. The topological polar surface area (TPSA) is 35.5 Å². The Kier molecular flexibility index (Phi) is 5.12. The zero-order valence-corrected chi connectivity index (χ0v) is 9.07. The van der Waals surface area contributed by atoms with Crippen LogP contribution in [-0.2, 0) is 14.3 Å². The molecule has 2 unspecified atom stereocenters. The Morgan fingerprint density at radius 2 is 2.29 bits per heavy atom. The van der Waals surface area contributed by atoms with E-state index in [0.29, 0.717) is 12.5 Å². The molecule has 0 bridgehead atoms. The molecule has 1 aliphatic heterocycles. The fraction of sp³-hybridized carbons (Fsp3) is 0.909. The highest BCUT2D eigenvalue weighted by Gasteiger charge is 2.18. The Labute approximate surface area is 85.8 Å². The minimum absolute atomic E-state index is 0.000488. The van der Waals surface area contributed by atoms with E-state index in [0.717, 1.165) is 32.2 Å². The summed E-state index contributed by atoms with van der Waals surface area (Å²) in [6, 6.07) is 0. The van der Waals surface area contributed by atoms with E-state index >= 15 is 0 Å². The monoisotopic (exact) mass is 200 g/mol. The van der Waals surface area contributed by atoms with Gasteiger partial charge in [0.25, 0.3) is 0 Å². The highest BCUT2D eigenvalue weighted by molar-refractivity contribution is 5.53. The Morgan fingerprint density at radius 3 is 2.79 bits per heavy atom. The van der Waals surface area contributed by atoms with Crippen molar-refractivity contribution in [3.8, 4) is 0 Å². The minimum Gasteiger partial charge on any atom is -0.353 e. The number of aldehydes is 1. The van der Waals surface area contributed by atoms with Gasteiger partial charge >= 0.3 is 0 Å². The first kappa shape index (κ1) is 11.7. The van der Waals surface area contributed by atoms with Crippen LogP contribution < -0.4 is 0 Å². The number of hydrogen-bond donors (Lipinski definition) is 0. The van der Waals surface area contributed by atoms with E-state index in [1.807, 2.05) is 13.8 Å². The lowest BCUT2D eigenvalue weighted by atomic mass is 9.99. The zero-order valence-electron chi connectivity index (χ0n) is 9.07. The third kappa shape index (κ3) is 3.76. The van der Waals surface area contributed by atoms with E-state index in [4.69, 9.17) is 9.47 Å². The van der Waals surface area contributed by atoms with Gasteiger partial charge in [-0.05, 0) is 25.2 Å². The fourth-order valence-corrected chi connectivity index (χ4v) is 1.45. The van der Waals surface area contributed by atoms with Crippen molar-refractivity contribution in [3.63, 3.8) is 0 Å². The summed E-state index contributed by atoms with van der Waals surface area (Å²) in [5.41, 5.74) is 0. The maximum Gasteiger partial charge on any atom is 0.157 e. The summed E-state index contributed by atoms with van der Waals surface area (Å²) in [5.74, 6) is 0.344. The molecular weight excluding hydrogens is 180 g/mol. The Morgan fingerprint density at radius 1 is 1.50 bits per heavy atom. The van der Waals surface area contributed by atoms with Crippen molar-refractivity contribution in [2.24, 2.45) is 11.8 Å². The van der Waals surface area contributed by atoms with Crippen LogP contribution >= 0.6 is 0 Å². The zero-order chi connectivity index (χ0) is 10.4. The molecule has 1 saturated heterocycles. The molecule has 0 aliphatic carbocycles. The number of rotatable bonds is 5. The SMILES string of the molecule is CC(C)C(C=O)COC1CCCCO1. The van der Waals surface area contributed by atoms with Crippen LogP contribution in [0.25, 0.3) is 0 Å². The highest BCUT2D eigenvalue weighted by Crippen LogP contribution is 2.16. The first-order valence-corrected chi connectivity index (χ1v) is 5.42. The molecule has 1 aliphatic rings. The molecule has 3 heteroatoms. The van der Waals surface area contributed by atoms with Gasteiger partial charge in [0.2, 0.25) is 0 Å². The van der Waals surface area contributed by atoms with E-state index in [1.54, 1.807) is 0 Å². The molecule has 3 nitrogen and oxygen atoms in total. The fourth-order valence-electron chi connectivity index (χ4n) is 1.45. The number of carbonyl (C=O) groups excluding carboxylic acids is 1. The van der Waals surface area contributed by atoms with Gasteiger partial charge in [0.05, 0.1) is 6.61 Å². The molecule has 0 aromatic carbocycles. The molecular formula is C11H20O3. The predicted octanol–water partition coefficient (Wildman–Crippen LogP) is 2.00. The first-order valence-electron chi connectivity index (χ1n) is 5.42. The third-order valence-corrected chi connectivity index (χ3v) is 2.64. The standard InChI is InChI=1S/C11H20O3/c1-9(2)10(7-12)8-14-11-5-3-4-6-13-11/h7,9-11H,3-6,8H2,1-2H3. The van der Waals surface area contributed by atoms with Crippen LogP contribution in [0.15, 0.2) is 0 Å². The molecule has 0 radical (unpaired) electrons. The smallest absolute Gasteiger partial charge is 0.157 e. The highest BCUT2D eigenvalue weighted by atomic mass is 16.7. The van der Waals surface area contributed by atoms with Gasteiger partial charge < -0.3 is 14.3 Å². The maximum atomic E-state index is 10.7. The molecule has 82 valence electrons. The molecule has 14 heavy (non-hydrogen) atoms. The molecule has 0 spiro atoms. The predicted molar refractivity (Wildman–Crippen MR) is 53.9 cm³/mol. The Hall–Kier alpha value is -0.410. The summed E-state index contributed by atoms with van der Waals surface area (Å²) in [6.45, 7) is 5.35. The Balaban J connectivity index is 2.20. The van der Waals surface area contributed by atoms with Crippen molar-refractivity contribution in [1.29, 1.82) is 0 Å². The second-order valence-electron chi connectivity index (χ2n) is 4.17. The number of hydrogen-bond acceptors (Lipinski definition) is 3. The third-order valence-electron chi connectivity index (χ3n) is 2.64. The second-order valence-corrected chi connectivity index (χ2v) is 4.17. The summed E-state index contributed by atoms with van der Waals surface area (Å²) in [5, 5.41) is 0. The van der Waals surface area contributed by atoms with Gasteiger partial charge in [0.1, 0.15) is 6.29 Å². The van der Waals surface area contributed by atoms with Gasteiger partial charge in [-0.3, -0.25) is 0 Å². The largest absolute Gasteiger partial charge is 0.353 e. The van der Waals surface area contributed by atoms with Crippen LogP contribution in [0.5, 0.6) is 0 Å². The van der Waals surface area contributed by atoms with E-state index < -0.39 is 0 Å². The first-order chi connectivity index (χ1) is 6.74. The van der Waals surface area contributed by atoms with Gasteiger partial charge in [0, 0.05) is 12.5 Å². The summed E-state index contributed by atoms with van der Waals surface area (Å²) < 4.78 is 11.0. The average Bonchev–Trinajstić information content (AvgIpc) is 2.20. The van der Waals surface area contributed by atoms with Crippen LogP contribution in [0.4, 0.5) is 0 Å². The van der Waals surface area contributed by atoms with Crippen molar-refractivity contribution in [3.05, 3.63) is 0 Å². The van der Waals surface area contributed by atoms with Gasteiger partial charge in [-0.15, -0.1) is 0 Å². The molecule has 1 heterocycles. The molecule has 0 aromatic rings. The minimum atomic E-state index is -0.0788. The molecule has 0 amide bonds. The van der Waals surface area contributed by atoms with Crippen LogP contribution in [0.1, 0.15) is 33.1 Å².